The van der Waals surface area contributed by atoms with Gasteiger partial charge < -0.3 is 10.5 Å². The van der Waals surface area contributed by atoms with E-state index in [0.717, 1.165) is 11.1 Å². The Labute approximate surface area is 90.2 Å². The molecule has 1 rings (SSSR count). The van der Waals surface area contributed by atoms with Crippen molar-refractivity contribution >= 4 is 0 Å². The summed E-state index contributed by atoms with van der Waals surface area (Å²) in [5.74, 6) is -0.252. The van der Waals surface area contributed by atoms with Crippen LogP contribution in [-0.2, 0) is 10.3 Å². The van der Waals surface area contributed by atoms with Crippen LogP contribution in [0.25, 0.3) is 0 Å². The van der Waals surface area contributed by atoms with Gasteiger partial charge in [-0.05, 0) is 44.0 Å². The molecule has 1 aromatic carbocycles. The van der Waals surface area contributed by atoms with E-state index in [9.17, 15) is 4.39 Å². The van der Waals surface area contributed by atoms with E-state index in [4.69, 9.17) is 10.5 Å². The number of ether oxygens (including phenoxy) is 1. The standard InChI is InChI=1S/C12H18FNO/c1-4-15-8-12(3,14)10-5-9(2)6-11(13)7-10/h5-7H,4,8,14H2,1-3H3. The number of aryl methyl sites for hydroxylation is 1. The Balaban J connectivity index is 2.93. The molecule has 0 saturated heterocycles. The summed E-state index contributed by atoms with van der Waals surface area (Å²) in [6, 6.07) is 4.84. The van der Waals surface area contributed by atoms with Gasteiger partial charge in [0, 0.05) is 6.61 Å². The van der Waals surface area contributed by atoms with Gasteiger partial charge in [-0.1, -0.05) is 6.07 Å². The molecule has 0 amide bonds. The zero-order chi connectivity index (χ0) is 11.5. The first kappa shape index (κ1) is 12.1. The lowest BCUT2D eigenvalue weighted by atomic mass is 9.93. The third kappa shape index (κ3) is 3.29. The van der Waals surface area contributed by atoms with Crippen LogP contribution in [0.5, 0.6) is 0 Å². The summed E-state index contributed by atoms with van der Waals surface area (Å²) in [6.45, 7) is 6.61. The Morgan fingerprint density at radius 2 is 2.07 bits per heavy atom. The van der Waals surface area contributed by atoms with E-state index < -0.39 is 5.54 Å². The number of halogens is 1. The van der Waals surface area contributed by atoms with Crippen LogP contribution in [0.3, 0.4) is 0 Å². The summed E-state index contributed by atoms with van der Waals surface area (Å²) in [4.78, 5) is 0. The zero-order valence-electron chi connectivity index (χ0n) is 9.51. The maximum atomic E-state index is 13.2. The Bertz CT molecular complexity index is 316. The molecule has 2 N–H and O–H groups in total. The van der Waals surface area contributed by atoms with Crippen LogP contribution >= 0.6 is 0 Å². The van der Waals surface area contributed by atoms with E-state index in [1.807, 2.05) is 26.8 Å². The Kier molecular flexibility index (Phi) is 3.83. The van der Waals surface area contributed by atoms with Crippen molar-refractivity contribution in [3.63, 3.8) is 0 Å². The van der Waals surface area contributed by atoms with Gasteiger partial charge in [0.25, 0.3) is 0 Å². The predicted octanol–water partition coefficient (Wildman–Crippen LogP) is 2.34. The molecule has 1 atom stereocenters. The molecule has 0 bridgehead atoms. The smallest absolute Gasteiger partial charge is 0.123 e. The number of benzene rings is 1. The summed E-state index contributed by atoms with van der Waals surface area (Å²) in [6.07, 6.45) is 0. The van der Waals surface area contributed by atoms with Crippen molar-refractivity contribution in [1.82, 2.24) is 0 Å². The summed E-state index contributed by atoms with van der Waals surface area (Å²) in [5.41, 5.74) is 7.08. The first-order valence-corrected chi connectivity index (χ1v) is 5.10. The highest BCUT2D eigenvalue weighted by molar-refractivity contribution is 5.29. The largest absolute Gasteiger partial charge is 0.379 e. The van der Waals surface area contributed by atoms with Crippen LogP contribution in [0, 0.1) is 12.7 Å². The highest BCUT2D eigenvalue weighted by Crippen LogP contribution is 2.20. The lowest BCUT2D eigenvalue weighted by Crippen LogP contribution is -2.38. The molecule has 0 aliphatic carbocycles. The first-order chi connectivity index (χ1) is 6.95. The molecule has 15 heavy (non-hydrogen) atoms. The maximum absolute atomic E-state index is 13.2. The van der Waals surface area contributed by atoms with E-state index in [1.54, 1.807) is 0 Å². The van der Waals surface area contributed by atoms with Gasteiger partial charge in [0.15, 0.2) is 0 Å². The third-order valence-corrected chi connectivity index (χ3v) is 2.31. The molecule has 0 fully saturated rings. The van der Waals surface area contributed by atoms with Crippen LogP contribution < -0.4 is 5.73 Å². The van der Waals surface area contributed by atoms with Gasteiger partial charge in [-0.15, -0.1) is 0 Å². The van der Waals surface area contributed by atoms with Gasteiger partial charge in [0.2, 0.25) is 0 Å². The molecule has 3 heteroatoms. The normalized spacial score (nSPS) is 15.0. The van der Waals surface area contributed by atoms with Crippen molar-refractivity contribution in [2.45, 2.75) is 26.3 Å². The second-order valence-electron chi connectivity index (χ2n) is 4.07. The van der Waals surface area contributed by atoms with Crippen molar-refractivity contribution in [3.8, 4) is 0 Å². The predicted molar refractivity (Wildman–Crippen MR) is 59.2 cm³/mol. The molecule has 0 aromatic heterocycles. The molecule has 84 valence electrons. The molecule has 1 aromatic rings. The lowest BCUT2D eigenvalue weighted by Gasteiger charge is -2.25. The summed E-state index contributed by atoms with van der Waals surface area (Å²) in [5, 5.41) is 0. The highest BCUT2D eigenvalue weighted by atomic mass is 19.1. The number of hydrogen-bond acceptors (Lipinski definition) is 2. The van der Waals surface area contributed by atoms with Crippen molar-refractivity contribution in [3.05, 3.63) is 35.1 Å². The van der Waals surface area contributed by atoms with Gasteiger partial charge in [-0.25, -0.2) is 4.39 Å². The van der Waals surface area contributed by atoms with Crippen LogP contribution in [0.4, 0.5) is 4.39 Å². The van der Waals surface area contributed by atoms with E-state index in [2.05, 4.69) is 0 Å². The minimum Gasteiger partial charge on any atom is -0.379 e. The third-order valence-electron chi connectivity index (χ3n) is 2.31. The van der Waals surface area contributed by atoms with Crippen LogP contribution in [0.15, 0.2) is 18.2 Å². The van der Waals surface area contributed by atoms with E-state index in [1.165, 1.54) is 12.1 Å². The molecular weight excluding hydrogens is 193 g/mol. The molecule has 0 saturated carbocycles. The summed E-state index contributed by atoms with van der Waals surface area (Å²) < 4.78 is 18.5. The van der Waals surface area contributed by atoms with Gasteiger partial charge in [-0.3, -0.25) is 0 Å². The average Bonchev–Trinajstić information content (AvgIpc) is 2.13. The topological polar surface area (TPSA) is 35.2 Å². The average molecular weight is 211 g/mol. The van der Waals surface area contributed by atoms with Crippen molar-refractivity contribution < 1.29 is 9.13 Å². The SMILES string of the molecule is CCOCC(C)(N)c1cc(C)cc(F)c1. The minimum absolute atomic E-state index is 0.252. The highest BCUT2D eigenvalue weighted by Gasteiger charge is 2.22. The fourth-order valence-electron chi connectivity index (χ4n) is 1.46. The fourth-order valence-corrected chi connectivity index (χ4v) is 1.46. The monoisotopic (exact) mass is 211 g/mol. The molecule has 0 aliphatic rings. The number of rotatable bonds is 4. The maximum Gasteiger partial charge on any atom is 0.123 e. The summed E-state index contributed by atoms with van der Waals surface area (Å²) in [7, 11) is 0. The fraction of sp³-hybridized carbons (Fsp3) is 0.500. The number of nitrogens with two attached hydrogens (primary N) is 1. The molecule has 0 aliphatic heterocycles. The van der Waals surface area contributed by atoms with Gasteiger partial charge >= 0.3 is 0 Å². The van der Waals surface area contributed by atoms with E-state index in [0.29, 0.717) is 13.2 Å². The first-order valence-electron chi connectivity index (χ1n) is 5.10. The Morgan fingerprint density at radius 1 is 1.40 bits per heavy atom. The van der Waals surface area contributed by atoms with Crippen molar-refractivity contribution in [1.29, 1.82) is 0 Å². The minimum atomic E-state index is -0.636. The lowest BCUT2D eigenvalue weighted by molar-refractivity contribution is 0.101. The van der Waals surface area contributed by atoms with Crippen LogP contribution in [-0.4, -0.2) is 13.2 Å². The number of hydrogen-bond donors (Lipinski definition) is 1. The Morgan fingerprint density at radius 3 is 2.60 bits per heavy atom. The van der Waals surface area contributed by atoms with Crippen molar-refractivity contribution in [2.24, 2.45) is 5.73 Å². The van der Waals surface area contributed by atoms with Crippen LogP contribution in [0.2, 0.25) is 0 Å². The molecule has 0 spiro atoms. The molecule has 1 unspecified atom stereocenters. The second-order valence-corrected chi connectivity index (χ2v) is 4.07. The second kappa shape index (κ2) is 4.73. The quantitative estimate of drug-likeness (QED) is 0.829. The van der Waals surface area contributed by atoms with Crippen LogP contribution in [0.1, 0.15) is 25.0 Å². The molecule has 0 heterocycles. The zero-order valence-corrected chi connectivity index (χ0v) is 9.51. The summed E-state index contributed by atoms with van der Waals surface area (Å²) >= 11 is 0. The molecule has 0 radical (unpaired) electrons. The van der Waals surface area contributed by atoms with Gasteiger partial charge in [-0.2, -0.15) is 0 Å². The Hall–Kier alpha value is -0.930. The van der Waals surface area contributed by atoms with Gasteiger partial charge in [0.1, 0.15) is 5.82 Å². The van der Waals surface area contributed by atoms with E-state index >= 15 is 0 Å². The van der Waals surface area contributed by atoms with Gasteiger partial charge in [0.05, 0.1) is 12.1 Å². The van der Waals surface area contributed by atoms with Crippen molar-refractivity contribution in [2.75, 3.05) is 13.2 Å². The molecular formula is C12H18FNO. The molecule has 2 nitrogen and oxygen atoms in total. The van der Waals surface area contributed by atoms with E-state index in [-0.39, 0.29) is 5.82 Å².